The monoisotopic (exact) mass is 395 g/mol. The van der Waals surface area contributed by atoms with Crippen LogP contribution in [0.1, 0.15) is 11.1 Å². The van der Waals surface area contributed by atoms with Gasteiger partial charge in [0, 0.05) is 11.6 Å². The van der Waals surface area contributed by atoms with E-state index in [1.807, 2.05) is 5.43 Å². The molecule has 0 radical (unpaired) electrons. The molecule has 2 rings (SSSR count). The standard InChI is InChI=1S/C18H16F3N3O4/c1-27-12-7-8-15(28-2)14(9-12)23-16(25)17(26)24-22-10-11-5-3-4-6-13(11)18(19,20)21/h3-10H,1-2H3,(H,23,25)(H,24,26)/b22-10-. The number of anilines is 1. The maximum absolute atomic E-state index is 12.9. The molecule has 0 aromatic heterocycles. The quantitative estimate of drug-likeness (QED) is 0.463. The molecule has 0 aliphatic carbocycles. The van der Waals surface area contributed by atoms with E-state index in [1.54, 1.807) is 6.07 Å². The molecule has 0 aliphatic heterocycles. The van der Waals surface area contributed by atoms with Gasteiger partial charge in [-0.25, -0.2) is 5.43 Å². The minimum Gasteiger partial charge on any atom is -0.497 e. The summed E-state index contributed by atoms with van der Waals surface area (Å²) >= 11 is 0. The van der Waals surface area contributed by atoms with E-state index in [4.69, 9.17) is 9.47 Å². The minimum absolute atomic E-state index is 0.174. The van der Waals surface area contributed by atoms with Crippen LogP contribution in [0.2, 0.25) is 0 Å². The molecule has 0 spiro atoms. The molecule has 0 atom stereocenters. The molecule has 0 unspecified atom stereocenters. The zero-order valence-electron chi connectivity index (χ0n) is 14.8. The van der Waals surface area contributed by atoms with Crippen molar-refractivity contribution in [2.45, 2.75) is 6.18 Å². The van der Waals surface area contributed by atoms with Gasteiger partial charge in [0.05, 0.1) is 31.7 Å². The van der Waals surface area contributed by atoms with Crippen molar-refractivity contribution in [3.63, 3.8) is 0 Å². The van der Waals surface area contributed by atoms with Crippen LogP contribution < -0.4 is 20.2 Å². The first-order valence-corrected chi connectivity index (χ1v) is 7.79. The van der Waals surface area contributed by atoms with Crippen LogP contribution in [0.5, 0.6) is 11.5 Å². The normalized spacial score (nSPS) is 11.2. The number of alkyl halides is 3. The van der Waals surface area contributed by atoms with Crippen molar-refractivity contribution in [3.05, 3.63) is 53.6 Å². The van der Waals surface area contributed by atoms with Gasteiger partial charge in [-0.2, -0.15) is 18.3 Å². The molecule has 2 aromatic rings. The van der Waals surface area contributed by atoms with E-state index in [9.17, 15) is 22.8 Å². The lowest BCUT2D eigenvalue weighted by Crippen LogP contribution is -2.32. The number of hydrogen-bond donors (Lipinski definition) is 2. The van der Waals surface area contributed by atoms with Crippen molar-refractivity contribution in [1.82, 2.24) is 5.43 Å². The van der Waals surface area contributed by atoms with Crippen molar-refractivity contribution in [3.8, 4) is 11.5 Å². The van der Waals surface area contributed by atoms with Crippen LogP contribution in [0.25, 0.3) is 0 Å². The lowest BCUT2D eigenvalue weighted by molar-refractivity contribution is -0.137. The Bertz CT molecular complexity index is 898. The van der Waals surface area contributed by atoms with Crippen LogP contribution in [-0.4, -0.2) is 32.2 Å². The highest BCUT2D eigenvalue weighted by molar-refractivity contribution is 6.39. The van der Waals surface area contributed by atoms with Crippen LogP contribution in [0, 0.1) is 0 Å². The first-order valence-electron chi connectivity index (χ1n) is 7.79. The average Bonchev–Trinajstić information content (AvgIpc) is 2.67. The molecule has 0 saturated heterocycles. The lowest BCUT2D eigenvalue weighted by atomic mass is 10.1. The maximum Gasteiger partial charge on any atom is 0.417 e. The Kier molecular flexibility index (Phi) is 6.59. The Labute approximate surface area is 158 Å². The van der Waals surface area contributed by atoms with E-state index in [2.05, 4.69) is 10.4 Å². The molecule has 7 nitrogen and oxygen atoms in total. The van der Waals surface area contributed by atoms with Gasteiger partial charge in [-0.15, -0.1) is 0 Å². The van der Waals surface area contributed by atoms with Gasteiger partial charge in [0.2, 0.25) is 0 Å². The van der Waals surface area contributed by atoms with Crippen molar-refractivity contribution < 1.29 is 32.2 Å². The zero-order valence-corrected chi connectivity index (χ0v) is 14.8. The van der Waals surface area contributed by atoms with Crippen molar-refractivity contribution in [2.75, 3.05) is 19.5 Å². The zero-order chi connectivity index (χ0) is 20.7. The largest absolute Gasteiger partial charge is 0.497 e. The van der Waals surface area contributed by atoms with E-state index < -0.39 is 23.6 Å². The Morgan fingerprint density at radius 1 is 1.04 bits per heavy atom. The highest BCUT2D eigenvalue weighted by Gasteiger charge is 2.32. The Morgan fingerprint density at radius 3 is 2.39 bits per heavy atom. The summed E-state index contributed by atoms with van der Waals surface area (Å²) in [5.74, 6) is -1.57. The fraction of sp³-hybridized carbons (Fsp3) is 0.167. The fourth-order valence-electron chi connectivity index (χ4n) is 2.17. The summed E-state index contributed by atoms with van der Waals surface area (Å²) in [7, 11) is 2.80. The van der Waals surface area contributed by atoms with Crippen molar-refractivity contribution in [2.24, 2.45) is 5.10 Å². The van der Waals surface area contributed by atoms with Crippen molar-refractivity contribution in [1.29, 1.82) is 0 Å². The molecule has 2 aromatic carbocycles. The summed E-state index contributed by atoms with van der Waals surface area (Å²) in [5, 5.41) is 5.72. The van der Waals surface area contributed by atoms with Gasteiger partial charge in [-0.05, 0) is 18.2 Å². The van der Waals surface area contributed by atoms with Gasteiger partial charge >= 0.3 is 18.0 Å². The number of carbonyl (C=O) groups is 2. The van der Waals surface area contributed by atoms with E-state index in [0.717, 1.165) is 12.3 Å². The summed E-state index contributed by atoms with van der Waals surface area (Å²) in [6, 6.07) is 9.24. The van der Waals surface area contributed by atoms with Crippen LogP contribution in [0.4, 0.5) is 18.9 Å². The van der Waals surface area contributed by atoms with Gasteiger partial charge in [0.15, 0.2) is 0 Å². The molecule has 28 heavy (non-hydrogen) atoms. The van der Waals surface area contributed by atoms with E-state index in [-0.39, 0.29) is 17.0 Å². The number of amides is 2. The van der Waals surface area contributed by atoms with Gasteiger partial charge < -0.3 is 14.8 Å². The number of methoxy groups -OCH3 is 2. The number of hydrogen-bond acceptors (Lipinski definition) is 5. The molecule has 2 amide bonds. The topological polar surface area (TPSA) is 89.0 Å². The Hall–Kier alpha value is -3.56. The molecular weight excluding hydrogens is 379 g/mol. The molecule has 0 fully saturated rings. The predicted molar refractivity (Wildman–Crippen MR) is 95.4 cm³/mol. The number of rotatable bonds is 5. The number of hydrazone groups is 1. The third-order valence-corrected chi connectivity index (χ3v) is 3.50. The summed E-state index contributed by atoms with van der Waals surface area (Å²) < 4.78 is 48.8. The molecule has 0 bridgehead atoms. The number of benzene rings is 2. The molecule has 148 valence electrons. The number of carbonyl (C=O) groups excluding carboxylic acids is 2. The SMILES string of the molecule is COc1ccc(OC)c(NC(=O)C(=O)N/N=C\c2ccccc2C(F)(F)F)c1. The van der Waals surface area contributed by atoms with E-state index >= 15 is 0 Å². The second-order valence-corrected chi connectivity index (χ2v) is 5.30. The first-order chi connectivity index (χ1) is 13.3. The average molecular weight is 395 g/mol. The molecular formula is C18H16F3N3O4. The first kappa shape index (κ1) is 20.7. The highest BCUT2D eigenvalue weighted by atomic mass is 19.4. The molecule has 0 heterocycles. The summed E-state index contributed by atoms with van der Waals surface area (Å²) in [5.41, 5.74) is 0.872. The predicted octanol–water partition coefficient (Wildman–Crippen LogP) is 2.81. The van der Waals surface area contributed by atoms with Gasteiger partial charge in [0.25, 0.3) is 0 Å². The summed E-state index contributed by atoms with van der Waals surface area (Å²) in [4.78, 5) is 23.8. The van der Waals surface area contributed by atoms with Crippen molar-refractivity contribution >= 4 is 23.7 Å². The number of ether oxygens (including phenoxy) is 2. The third-order valence-electron chi connectivity index (χ3n) is 3.50. The fourth-order valence-corrected chi connectivity index (χ4v) is 2.17. The molecule has 0 saturated carbocycles. The van der Waals surface area contributed by atoms with Gasteiger partial charge in [-0.3, -0.25) is 9.59 Å². The third kappa shape index (κ3) is 5.22. The molecule has 10 heteroatoms. The van der Waals surface area contributed by atoms with Gasteiger partial charge in [0.1, 0.15) is 11.5 Å². The Morgan fingerprint density at radius 2 is 1.75 bits per heavy atom. The number of nitrogens with one attached hydrogen (secondary N) is 2. The van der Waals surface area contributed by atoms with Gasteiger partial charge in [-0.1, -0.05) is 18.2 Å². The maximum atomic E-state index is 12.9. The van der Waals surface area contributed by atoms with Crippen LogP contribution in [-0.2, 0) is 15.8 Å². The van der Waals surface area contributed by atoms with Crippen LogP contribution in [0.15, 0.2) is 47.6 Å². The molecule has 0 aliphatic rings. The highest BCUT2D eigenvalue weighted by Crippen LogP contribution is 2.31. The number of nitrogens with zero attached hydrogens (tertiary/aromatic N) is 1. The van der Waals surface area contributed by atoms with Crippen LogP contribution in [0.3, 0.4) is 0 Å². The minimum atomic E-state index is -4.58. The smallest absolute Gasteiger partial charge is 0.417 e. The second-order valence-electron chi connectivity index (χ2n) is 5.30. The lowest BCUT2D eigenvalue weighted by Gasteiger charge is -2.11. The second kappa shape index (κ2) is 8.89. The number of halogens is 3. The summed E-state index contributed by atoms with van der Waals surface area (Å²) in [6.07, 6.45) is -3.77. The summed E-state index contributed by atoms with van der Waals surface area (Å²) in [6.45, 7) is 0. The van der Waals surface area contributed by atoms with E-state index in [1.165, 1.54) is 44.6 Å². The Balaban J connectivity index is 2.07. The van der Waals surface area contributed by atoms with E-state index in [0.29, 0.717) is 5.75 Å². The van der Waals surface area contributed by atoms with Crippen LogP contribution >= 0.6 is 0 Å². The molecule has 2 N–H and O–H groups in total.